The second-order valence-electron chi connectivity index (χ2n) is 10.5. The summed E-state index contributed by atoms with van der Waals surface area (Å²) in [6, 6.07) is 6.17. The number of fused-ring (bicyclic) bond motifs is 1. The van der Waals surface area contributed by atoms with Gasteiger partial charge in [0, 0.05) is 25.2 Å². The predicted octanol–water partition coefficient (Wildman–Crippen LogP) is -0.870. The monoisotopic (exact) mass is 629 g/mol. The summed E-state index contributed by atoms with van der Waals surface area (Å²) < 4.78 is 12.5. The Labute approximate surface area is 254 Å². The Balaban J connectivity index is 1.38. The number of halogens is 1. The van der Waals surface area contributed by atoms with E-state index in [4.69, 9.17) is 33.2 Å². The quantitative estimate of drug-likeness (QED) is 0.110. The summed E-state index contributed by atoms with van der Waals surface area (Å²) in [7, 11) is 1.83. The number of carbonyl (C=O) groups excluding carboxylic acids is 1. The Morgan fingerprint density at radius 1 is 1.25 bits per heavy atom. The molecule has 6 N–H and O–H groups in total. The van der Waals surface area contributed by atoms with Crippen LogP contribution in [0.25, 0.3) is 11.2 Å². The van der Waals surface area contributed by atoms with Gasteiger partial charge >= 0.3 is 11.9 Å². The van der Waals surface area contributed by atoms with Crippen LogP contribution >= 0.6 is 11.6 Å². The minimum atomic E-state index is -2.84. The number of carboxylic acids is 2. The van der Waals surface area contributed by atoms with Crippen molar-refractivity contribution in [3.63, 3.8) is 0 Å². The number of terminal acetylenes is 1. The molecule has 44 heavy (non-hydrogen) atoms. The maximum absolute atomic E-state index is 12.4. The van der Waals surface area contributed by atoms with Gasteiger partial charge in [0.15, 0.2) is 23.3 Å². The van der Waals surface area contributed by atoms with E-state index in [2.05, 4.69) is 15.0 Å². The molecule has 2 saturated heterocycles. The number of rotatable bonds is 9. The predicted molar refractivity (Wildman–Crippen MR) is 152 cm³/mol. The van der Waals surface area contributed by atoms with Crippen molar-refractivity contribution in [3.05, 3.63) is 41.4 Å². The number of likely N-dealkylation sites (N-methyl/N-ethyl adjacent to an activating group) is 1. The molecule has 2 aliphatic rings. The number of nitrogen functional groups attached to an aromatic ring is 1. The molecular formula is C27H28ClN7O9. The van der Waals surface area contributed by atoms with Gasteiger partial charge in [-0.05, 0) is 36.3 Å². The highest BCUT2D eigenvalue weighted by Crippen LogP contribution is 2.39. The van der Waals surface area contributed by atoms with Crippen LogP contribution in [0, 0.1) is 12.3 Å². The molecular weight excluding hydrogens is 602 g/mol. The third-order valence-corrected chi connectivity index (χ3v) is 7.90. The van der Waals surface area contributed by atoms with Gasteiger partial charge in [-0.25, -0.2) is 14.6 Å². The van der Waals surface area contributed by atoms with Crippen LogP contribution in [0.15, 0.2) is 30.6 Å². The van der Waals surface area contributed by atoms with Crippen LogP contribution in [0.2, 0.25) is 5.28 Å². The third kappa shape index (κ3) is 5.30. The molecule has 5 rings (SSSR count). The zero-order chi connectivity index (χ0) is 32.0. The number of aliphatic hydroxyl groups excluding tert-OH is 1. The number of ether oxygens (including phenoxy) is 2. The summed E-state index contributed by atoms with van der Waals surface area (Å²) in [4.78, 5) is 52.6. The van der Waals surface area contributed by atoms with Gasteiger partial charge in [0.2, 0.25) is 11.2 Å². The van der Waals surface area contributed by atoms with Gasteiger partial charge in [-0.1, -0.05) is 18.1 Å². The number of piperazine rings is 1. The average molecular weight is 630 g/mol. The number of benzene rings is 1. The molecule has 2 aromatic heterocycles. The largest absolute Gasteiger partial charge is 0.479 e. The van der Waals surface area contributed by atoms with Crippen LogP contribution in [0.5, 0.6) is 0 Å². The zero-order valence-corrected chi connectivity index (χ0v) is 24.0. The molecule has 2 fully saturated rings. The van der Waals surface area contributed by atoms with E-state index < -0.39 is 54.6 Å². The highest BCUT2D eigenvalue weighted by molar-refractivity contribution is 6.28. The molecule has 16 nitrogen and oxygen atoms in total. The van der Waals surface area contributed by atoms with E-state index in [1.54, 1.807) is 17.0 Å². The second kappa shape index (κ2) is 11.6. The minimum absolute atomic E-state index is 0.0413. The minimum Gasteiger partial charge on any atom is -0.479 e. The lowest BCUT2D eigenvalue weighted by Gasteiger charge is -2.32. The molecule has 0 saturated carbocycles. The SMILES string of the molecule is C#C[C@@]1(O)[C@@H](COC(Cc2ccc(N3CCN(C)CC3=O)cc2)(C(=O)O)C(=O)O)O[C@@H](n2cnc3c(N)nc(Cl)nc32)[C@@H]1O. The van der Waals surface area contributed by atoms with E-state index in [1.165, 1.54) is 23.0 Å². The number of amides is 1. The Morgan fingerprint density at radius 3 is 2.55 bits per heavy atom. The van der Waals surface area contributed by atoms with Crippen LogP contribution < -0.4 is 10.6 Å². The number of aliphatic carboxylic acids is 2. The fourth-order valence-corrected chi connectivity index (χ4v) is 5.36. The smallest absolute Gasteiger partial charge is 0.348 e. The van der Waals surface area contributed by atoms with E-state index in [-0.39, 0.29) is 40.3 Å². The number of anilines is 2. The highest BCUT2D eigenvalue weighted by Gasteiger charge is 2.58. The second-order valence-corrected chi connectivity index (χ2v) is 10.8. The van der Waals surface area contributed by atoms with Gasteiger partial charge < -0.3 is 40.5 Å². The van der Waals surface area contributed by atoms with Crippen LogP contribution in [-0.4, -0.2) is 119 Å². The van der Waals surface area contributed by atoms with Gasteiger partial charge in [0.25, 0.3) is 5.60 Å². The Bertz CT molecular complexity index is 1650. The average Bonchev–Trinajstić information content (AvgIpc) is 3.50. The zero-order valence-electron chi connectivity index (χ0n) is 23.2. The number of aromatic nitrogens is 4. The number of carboxylic acid groups (broad SMARTS) is 2. The van der Waals surface area contributed by atoms with Gasteiger partial charge in [-0.3, -0.25) is 14.3 Å². The van der Waals surface area contributed by atoms with E-state index in [1.807, 2.05) is 17.9 Å². The van der Waals surface area contributed by atoms with Crippen molar-refractivity contribution in [3.8, 4) is 12.3 Å². The summed E-state index contributed by atoms with van der Waals surface area (Å²) >= 11 is 5.91. The number of nitrogens with two attached hydrogens (primary N) is 1. The molecule has 4 heterocycles. The molecule has 17 heteroatoms. The summed E-state index contributed by atoms with van der Waals surface area (Å²) in [5.41, 5.74) is 1.54. The van der Waals surface area contributed by atoms with Crippen LogP contribution in [0.4, 0.5) is 11.5 Å². The molecule has 0 radical (unpaired) electrons. The van der Waals surface area contributed by atoms with Gasteiger partial charge in [-0.15, -0.1) is 6.42 Å². The molecule has 0 spiro atoms. The summed E-state index contributed by atoms with van der Waals surface area (Å²) in [5, 5.41) is 42.1. The molecule has 232 valence electrons. The number of imidazole rings is 1. The molecule has 0 bridgehead atoms. The van der Waals surface area contributed by atoms with Crippen molar-refractivity contribution in [1.82, 2.24) is 24.4 Å². The molecule has 1 amide bonds. The van der Waals surface area contributed by atoms with E-state index in [0.29, 0.717) is 18.8 Å². The van der Waals surface area contributed by atoms with E-state index >= 15 is 0 Å². The fraction of sp³-hybridized carbons (Fsp3) is 0.407. The lowest BCUT2D eigenvalue weighted by Crippen LogP contribution is -2.55. The standard InChI is InChI=1S/C27H28ClN7O9/c1-3-26(42)16(44-22(19(26)37)35-13-30-18-20(29)31-25(28)32-21(18)35)12-43-27(23(38)39,24(40)41)10-14-4-6-15(7-5-14)34-9-8-33(2)11-17(34)36/h1,4-7,13,16,19,22,37,42H,8-12H2,2H3,(H,38,39)(H,40,41)(H2,29,31,32)/t16-,19+,22-,26-/m1/s1. The summed E-state index contributed by atoms with van der Waals surface area (Å²) in [6.07, 6.45) is 1.23. The van der Waals surface area contributed by atoms with Gasteiger partial charge in [0.1, 0.15) is 17.7 Å². The van der Waals surface area contributed by atoms with Gasteiger partial charge in [-0.2, -0.15) is 9.97 Å². The van der Waals surface area contributed by atoms with E-state index in [9.17, 15) is 34.8 Å². The number of aliphatic hydroxyl groups is 2. The number of carbonyl (C=O) groups is 3. The number of nitrogens with zero attached hydrogens (tertiary/aromatic N) is 6. The first-order chi connectivity index (χ1) is 20.8. The third-order valence-electron chi connectivity index (χ3n) is 7.73. The van der Waals surface area contributed by atoms with Crippen molar-refractivity contribution in [2.24, 2.45) is 0 Å². The Morgan fingerprint density at radius 2 is 1.93 bits per heavy atom. The maximum Gasteiger partial charge on any atom is 0.348 e. The highest BCUT2D eigenvalue weighted by atomic mass is 35.5. The fourth-order valence-electron chi connectivity index (χ4n) is 5.19. The van der Waals surface area contributed by atoms with Gasteiger partial charge in [0.05, 0.1) is 19.5 Å². The molecule has 3 aromatic rings. The van der Waals surface area contributed by atoms with Crippen molar-refractivity contribution >= 4 is 52.1 Å². The topological polar surface area (TPSA) is 227 Å². The first-order valence-corrected chi connectivity index (χ1v) is 13.6. The lowest BCUT2D eigenvalue weighted by atomic mass is 9.91. The van der Waals surface area contributed by atoms with E-state index in [0.717, 1.165) is 0 Å². The molecule has 2 aliphatic heterocycles. The Hall–Kier alpha value is -4.37. The first-order valence-electron chi connectivity index (χ1n) is 13.2. The lowest BCUT2D eigenvalue weighted by molar-refractivity contribution is -0.191. The van der Waals surface area contributed by atoms with Crippen LogP contribution in [0.3, 0.4) is 0 Å². The molecule has 0 aliphatic carbocycles. The summed E-state index contributed by atoms with van der Waals surface area (Å²) in [6.45, 7) is 0.510. The Kier molecular flexibility index (Phi) is 8.20. The van der Waals surface area contributed by atoms with Crippen molar-refractivity contribution in [2.75, 3.05) is 43.9 Å². The molecule has 1 aromatic carbocycles. The van der Waals surface area contributed by atoms with Crippen molar-refractivity contribution in [2.45, 2.75) is 36.1 Å². The normalized spacial score (nSPS) is 24.5. The molecule has 4 atom stereocenters. The first kappa shape index (κ1) is 31.1. The molecule has 0 unspecified atom stereocenters. The number of hydrogen-bond donors (Lipinski definition) is 5. The number of hydrogen-bond acceptors (Lipinski definition) is 12. The van der Waals surface area contributed by atoms with Crippen LogP contribution in [-0.2, 0) is 30.3 Å². The van der Waals surface area contributed by atoms with Crippen LogP contribution in [0.1, 0.15) is 11.8 Å². The summed E-state index contributed by atoms with van der Waals surface area (Å²) in [5.74, 6) is -1.78. The van der Waals surface area contributed by atoms with Crippen molar-refractivity contribution in [1.29, 1.82) is 0 Å². The maximum atomic E-state index is 12.4. The van der Waals surface area contributed by atoms with Crippen molar-refractivity contribution < 1.29 is 44.3 Å².